The van der Waals surface area contributed by atoms with Crippen molar-refractivity contribution in [2.45, 2.75) is 45.6 Å². The molecule has 2 heteroatoms. The van der Waals surface area contributed by atoms with Crippen LogP contribution in [0.2, 0.25) is 0 Å². The highest BCUT2D eigenvalue weighted by Gasteiger charge is 2.24. The topological polar surface area (TPSA) is 21.6 Å². The van der Waals surface area contributed by atoms with E-state index in [-0.39, 0.29) is 0 Å². The van der Waals surface area contributed by atoms with Crippen molar-refractivity contribution >= 4 is 6.21 Å². The standard InChI is InChI=1S/C12H19NO/c1-4-6-12(14-11-7-8-11)10(3)13-9-5-2/h6,9,11H,3-5,7-8H2,1-2H3/b12-6+,13-9-. The van der Waals surface area contributed by atoms with Crippen molar-refractivity contribution in [2.75, 3.05) is 0 Å². The van der Waals surface area contributed by atoms with Gasteiger partial charge < -0.3 is 4.74 Å². The number of allylic oxidation sites excluding steroid dienone is 1. The lowest BCUT2D eigenvalue weighted by atomic mass is 10.3. The summed E-state index contributed by atoms with van der Waals surface area (Å²) in [6.45, 7) is 8.05. The highest BCUT2D eigenvalue weighted by molar-refractivity contribution is 5.59. The Labute approximate surface area is 86.4 Å². The normalized spacial score (nSPS) is 17.4. The third-order valence-electron chi connectivity index (χ3n) is 1.92. The second-order valence-corrected chi connectivity index (χ2v) is 3.46. The number of aliphatic imine (C=N–C) groups is 1. The predicted molar refractivity (Wildman–Crippen MR) is 60.4 cm³/mol. The van der Waals surface area contributed by atoms with Gasteiger partial charge in [0.2, 0.25) is 0 Å². The molecule has 14 heavy (non-hydrogen) atoms. The zero-order valence-corrected chi connectivity index (χ0v) is 9.12. The van der Waals surface area contributed by atoms with Crippen LogP contribution in [0.4, 0.5) is 0 Å². The quantitative estimate of drug-likeness (QED) is 0.359. The van der Waals surface area contributed by atoms with Gasteiger partial charge in [0.05, 0.1) is 11.8 Å². The molecule has 0 unspecified atom stereocenters. The van der Waals surface area contributed by atoms with E-state index in [0.29, 0.717) is 6.10 Å². The van der Waals surface area contributed by atoms with E-state index in [4.69, 9.17) is 4.74 Å². The summed E-state index contributed by atoms with van der Waals surface area (Å²) in [6.07, 6.45) is 8.57. The molecule has 0 aromatic carbocycles. The van der Waals surface area contributed by atoms with Crippen molar-refractivity contribution in [1.82, 2.24) is 0 Å². The summed E-state index contributed by atoms with van der Waals surface area (Å²) in [6, 6.07) is 0. The summed E-state index contributed by atoms with van der Waals surface area (Å²) >= 11 is 0. The molecule has 1 fully saturated rings. The monoisotopic (exact) mass is 193 g/mol. The van der Waals surface area contributed by atoms with Gasteiger partial charge in [0, 0.05) is 6.21 Å². The van der Waals surface area contributed by atoms with Crippen LogP contribution in [0.15, 0.2) is 29.1 Å². The lowest BCUT2D eigenvalue weighted by Crippen LogP contribution is -1.96. The molecular weight excluding hydrogens is 174 g/mol. The van der Waals surface area contributed by atoms with E-state index >= 15 is 0 Å². The van der Waals surface area contributed by atoms with E-state index in [1.165, 1.54) is 12.8 Å². The van der Waals surface area contributed by atoms with Crippen molar-refractivity contribution in [3.63, 3.8) is 0 Å². The fourth-order valence-corrected chi connectivity index (χ4v) is 1.05. The SMILES string of the molecule is C=C(/N=C\CC)/C(=C\CC)OC1CC1. The molecular formula is C12H19NO. The zero-order chi connectivity index (χ0) is 10.4. The molecule has 2 nitrogen and oxygen atoms in total. The van der Waals surface area contributed by atoms with Crippen molar-refractivity contribution in [2.24, 2.45) is 4.99 Å². The molecule has 0 aliphatic heterocycles. The number of nitrogens with zero attached hydrogens (tertiary/aromatic N) is 1. The summed E-state index contributed by atoms with van der Waals surface area (Å²) < 4.78 is 5.71. The zero-order valence-electron chi connectivity index (χ0n) is 9.12. The van der Waals surface area contributed by atoms with Gasteiger partial charge in [-0.15, -0.1) is 0 Å². The molecule has 0 saturated heterocycles. The molecule has 0 radical (unpaired) electrons. The van der Waals surface area contributed by atoms with Crippen molar-refractivity contribution in [3.05, 3.63) is 24.1 Å². The molecule has 0 spiro atoms. The van der Waals surface area contributed by atoms with E-state index in [1.54, 1.807) is 0 Å². The van der Waals surface area contributed by atoms with E-state index in [0.717, 1.165) is 24.3 Å². The van der Waals surface area contributed by atoms with Gasteiger partial charge in [-0.2, -0.15) is 0 Å². The average molecular weight is 193 g/mol. The highest BCUT2D eigenvalue weighted by atomic mass is 16.5. The summed E-state index contributed by atoms with van der Waals surface area (Å²) in [5.41, 5.74) is 0.751. The first kappa shape index (κ1) is 11.0. The molecule has 1 rings (SSSR count). The van der Waals surface area contributed by atoms with Gasteiger partial charge in [-0.1, -0.05) is 20.4 Å². The predicted octanol–water partition coefficient (Wildman–Crippen LogP) is 3.45. The van der Waals surface area contributed by atoms with Gasteiger partial charge in [0.1, 0.15) is 5.76 Å². The Morgan fingerprint density at radius 3 is 2.64 bits per heavy atom. The van der Waals surface area contributed by atoms with Gasteiger partial charge in [-0.3, -0.25) is 4.99 Å². The summed E-state index contributed by atoms with van der Waals surface area (Å²) in [5.74, 6) is 0.861. The number of hydrogen-bond donors (Lipinski definition) is 0. The first-order valence-corrected chi connectivity index (χ1v) is 5.36. The highest BCUT2D eigenvalue weighted by Crippen LogP contribution is 2.28. The van der Waals surface area contributed by atoms with Crippen LogP contribution in [0.3, 0.4) is 0 Å². The minimum atomic E-state index is 0.418. The maximum Gasteiger partial charge on any atom is 0.140 e. The largest absolute Gasteiger partial charge is 0.489 e. The molecule has 1 aliphatic carbocycles. The fraction of sp³-hybridized carbons (Fsp3) is 0.583. The van der Waals surface area contributed by atoms with E-state index < -0.39 is 0 Å². The van der Waals surface area contributed by atoms with Crippen molar-refractivity contribution < 1.29 is 4.74 Å². The Bertz CT molecular complexity index is 249. The maximum absolute atomic E-state index is 5.71. The van der Waals surface area contributed by atoms with E-state index in [2.05, 4.69) is 25.4 Å². The average Bonchev–Trinajstić information content (AvgIpc) is 2.97. The lowest BCUT2D eigenvalue weighted by molar-refractivity contribution is 0.203. The van der Waals surface area contributed by atoms with Crippen LogP contribution in [-0.4, -0.2) is 12.3 Å². The third-order valence-corrected chi connectivity index (χ3v) is 1.92. The molecule has 78 valence electrons. The Balaban J connectivity index is 2.51. The molecule has 0 bridgehead atoms. The second kappa shape index (κ2) is 5.63. The Morgan fingerprint density at radius 1 is 1.43 bits per heavy atom. The van der Waals surface area contributed by atoms with E-state index in [9.17, 15) is 0 Å². The molecule has 0 amide bonds. The third kappa shape index (κ3) is 3.77. The van der Waals surface area contributed by atoms with Crippen LogP contribution in [0.25, 0.3) is 0 Å². The minimum absolute atomic E-state index is 0.418. The molecule has 0 aromatic rings. The number of ether oxygens (including phenoxy) is 1. The van der Waals surface area contributed by atoms with Gasteiger partial charge >= 0.3 is 0 Å². The van der Waals surface area contributed by atoms with Gasteiger partial charge in [0.15, 0.2) is 0 Å². The number of hydrogen-bond acceptors (Lipinski definition) is 2. The second-order valence-electron chi connectivity index (χ2n) is 3.46. The number of rotatable bonds is 6. The molecule has 0 heterocycles. The van der Waals surface area contributed by atoms with Crippen LogP contribution in [0, 0.1) is 0 Å². The first-order chi connectivity index (χ1) is 6.77. The molecule has 0 atom stereocenters. The van der Waals surface area contributed by atoms with Crippen molar-refractivity contribution in [1.29, 1.82) is 0 Å². The van der Waals surface area contributed by atoms with Gasteiger partial charge in [-0.25, -0.2) is 0 Å². The Kier molecular flexibility index (Phi) is 4.44. The van der Waals surface area contributed by atoms with Crippen LogP contribution in [0.5, 0.6) is 0 Å². The summed E-state index contributed by atoms with van der Waals surface area (Å²) in [4.78, 5) is 4.23. The lowest BCUT2D eigenvalue weighted by Gasteiger charge is -2.08. The summed E-state index contributed by atoms with van der Waals surface area (Å²) in [7, 11) is 0. The molecule has 0 N–H and O–H groups in total. The molecule has 0 aromatic heterocycles. The summed E-state index contributed by atoms with van der Waals surface area (Å²) in [5, 5.41) is 0. The van der Waals surface area contributed by atoms with Gasteiger partial charge in [0.25, 0.3) is 0 Å². The molecule has 1 saturated carbocycles. The van der Waals surface area contributed by atoms with Crippen LogP contribution in [0.1, 0.15) is 39.5 Å². The Morgan fingerprint density at radius 2 is 2.14 bits per heavy atom. The maximum atomic E-state index is 5.71. The smallest absolute Gasteiger partial charge is 0.140 e. The van der Waals surface area contributed by atoms with Crippen LogP contribution in [-0.2, 0) is 4.74 Å². The Hall–Kier alpha value is -1.05. The molecule has 1 aliphatic rings. The van der Waals surface area contributed by atoms with Crippen LogP contribution < -0.4 is 0 Å². The fourth-order valence-electron chi connectivity index (χ4n) is 1.05. The van der Waals surface area contributed by atoms with Gasteiger partial charge in [-0.05, 0) is 31.8 Å². The van der Waals surface area contributed by atoms with Crippen molar-refractivity contribution in [3.8, 4) is 0 Å². The minimum Gasteiger partial charge on any atom is -0.489 e. The first-order valence-electron chi connectivity index (χ1n) is 5.36. The van der Waals surface area contributed by atoms with E-state index in [1.807, 2.05) is 12.3 Å². The van der Waals surface area contributed by atoms with Crippen LogP contribution >= 0.6 is 0 Å².